The van der Waals surface area contributed by atoms with Crippen LogP contribution in [0.1, 0.15) is 32.5 Å². The van der Waals surface area contributed by atoms with Gasteiger partial charge in [-0.3, -0.25) is 9.58 Å². The van der Waals surface area contributed by atoms with Crippen LogP contribution in [0.4, 0.5) is 0 Å². The molecule has 6 heteroatoms. The molecule has 1 aromatic heterocycles. The van der Waals surface area contributed by atoms with Crippen molar-refractivity contribution in [3.63, 3.8) is 0 Å². The lowest BCUT2D eigenvalue weighted by Gasteiger charge is -2.45. The Hall–Kier alpha value is -0.430. The minimum Gasteiger partial charge on any atom is -0.379 e. The monoisotopic (exact) mass is 344 g/mol. The summed E-state index contributed by atoms with van der Waals surface area (Å²) in [5.41, 5.74) is 1.21. The van der Waals surface area contributed by atoms with Crippen molar-refractivity contribution in [2.75, 3.05) is 33.4 Å². The minimum atomic E-state index is -0.00595. The van der Waals surface area contributed by atoms with Gasteiger partial charge in [-0.25, -0.2) is 0 Å². The van der Waals surface area contributed by atoms with Crippen LogP contribution < -0.4 is 5.32 Å². The fraction of sp³-hybridized carbons (Fsp3) is 0.786. The molecule has 0 radical (unpaired) electrons. The molecule has 1 aliphatic rings. The smallest absolute Gasteiger partial charge is 0.0714 e. The first-order valence-electron chi connectivity index (χ1n) is 7.23. The Balaban J connectivity index is 2.32. The molecule has 0 aromatic carbocycles. The van der Waals surface area contributed by atoms with Gasteiger partial charge in [0, 0.05) is 25.2 Å². The van der Waals surface area contributed by atoms with E-state index >= 15 is 0 Å². The summed E-state index contributed by atoms with van der Waals surface area (Å²) in [6.45, 7) is 11.2. The Labute approximate surface area is 129 Å². The molecule has 1 aliphatic heterocycles. The highest BCUT2D eigenvalue weighted by molar-refractivity contribution is 9.10. The van der Waals surface area contributed by atoms with Crippen LogP contribution in [0.25, 0.3) is 0 Å². The fourth-order valence-electron chi connectivity index (χ4n) is 3.06. The molecule has 0 saturated carbocycles. The Morgan fingerprint density at radius 1 is 1.45 bits per heavy atom. The number of rotatable bonds is 5. The van der Waals surface area contributed by atoms with Crippen LogP contribution in [0.5, 0.6) is 0 Å². The average molecular weight is 345 g/mol. The van der Waals surface area contributed by atoms with Gasteiger partial charge in [-0.15, -0.1) is 0 Å². The van der Waals surface area contributed by atoms with Crippen molar-refractivity contribution in [3.8, 4) is 0 Å². The highest BCUT2D eigenvalue weighted by atomic mass is 79.9. The Morgan fingerprint density at radius 3 is 2.65 bits per heavy atom. The zero-order valence-corrected chi connectivity index (χ0v) is 14.4. The number of halogens is 1. The van der Waals surface area contributed by atoms with Gasteiger partial charge in [0.05, 0.1) is 35.6 Å². The number of morpholine rings is 1. The highest BCUT2D eigenvalue weighted by Crippen LogP contribution is 2.35. The lowest BCUT2D eigenvalue weighted by Crippen LogP contribution is -2.56. The van der Waals surface area contributed by atoms with Gasteiger partial charge in [0.15, 0.2) is 0 Å². The maximum Gasteiger partial charge on any atom is 0.0714 e. The molecule has 2 heterocycles. The second kappa shape index (κ2) is 6.56. The van der Waals surface area contributed by atoms with Crippen molar-refractivity contribution in [3.05, 3.63) is 16.4 Å². The predicted octanol–water partition coefficient (Wildman–Crippen LogP) is 2.04. The molecule has 1 aromatic rings. The van der Waals surface area contributed by atoms with Crippen LogP contribution in [-0.2, 0) is 11.3 Å². The van der Waals surface area contributed by atoms with Gasteiger partial charge in [-0.05, 0) is 43.7 Å². The molecule has 0 bridgehead atoms. The lowest BCUT2D eigenvalue weighted by molar-refractivity contribution is -0.0240. The van der Waals surface area contributed by atoms with E-state index in [0.29, 0.717) is 0 Å². The first-order chi connectivity index (χ1) is 9.52. The first kappa shape index (κ1) is 15.9. The summed E-state index contributed by atoms with van der Waals surface area (Å²) in [6, 6.07) is 0.206. The van der Waals surface area contributed by atoms with E-state index in [-0.39, 0.29) is 11.6 Å². The molecular formula is C14H25BrN4O. The predicted molar refractivity (Wildman–Crippen MR) is 83.9 cm³/mol. The summed E-state index contributed by atoms with van der Waals surface area (Å²) in [7, 11) is 2.02. The number of ether oxygens (including phenoxy) is 1. The number of likely N-dealkylation sites (N-methyl/N-ethyl adjacent to an activating group) is 1. The van der Waals surface area contributed by atoms with Crippen molar-refractivity contribution in [1.82, 2.24) is 20.0 Å². The van der Waals surface area contributed by atoms with E-state index in [1.54, 1.807) is 0 Å². The summed E-state index contributed by atoms with van der Waals surface area (Å²) in [4.78, 5) is 2.50. The maximum atomic E-state index is 5.48. The van der Waals surface area contributed by atoms with Gasteiger partial charge < -0.3 is 10.1 Å². The zero-order valence-electron chi connectivity index (χ0n) is 12.8. The van der Waals surface area contributed by atoms with Crippen molar-refractivity contribution in [2.45, 2.75) is 38.9 Å². The van der Waals surface area contributed by atoms with Gasteiger partial charge in [0.25, 0.3) is 0 Å². The molecular weight excluding hydrogens is 320 g/mol. The molecule has 1 saturated heterocycles. The molecule has 114 valence electrons. The van der Waals surface area contributed by atoms with E-state index in [1.807, 2.05) is 13.2 Å². The summed E-state index contributed by atoms with van der Waals surface area (Å²) in [5, 5.41) is 7.93. The molecule has 2 rings (SSSR count). The zero-order chi connectivity index (χ0) is 14.8. The number of nitrogens with zero attached hydrogens (tertiary/aromatic N) is 3. The van der Waals surface area contributed by atoms with Crippen LogP contribution in [-0.4, -0.2) is 53.6 Å². The third-order valence-corrected chi connectivity index (χ3v) is 4.84. The molecule has 1 unspecified atom stereocenters. The molecule has 1 atom stereocenters. The maximum absolute atomic E-state index is 5.48. The van der Waals surface area contributed by atoms with Crippen LogP contribution in [0, 0.1) is 0 Å². The standard InChI is InChI=1S/C14H25BrN4O/c1-5-19-12(11(15)10-17-19)13(16-4)14(2,3)18-6-8-20-9-7-18/h10,13,16H,5-9H2,1-4H3. The topological polar surface area (TPSA) is 42.3 Å². The van der Waals surface area contributed by atoms with E-state index in [4.69, 9.17) is 4.74 Å². The van der Waals surface area contributed by atoms with E-state index in [9.17, 15) is 0 Å². The summed E-state index contributed by atoms with van der Waals surface area (Å²) < 4.78 is 8.61. The van der Waals surface area contributed by atoms with Crippen LogP contribution in [0.2, 0.25) is 0 Å². The number of hydrogen-bond acceptors (Lipinski definition) is 4. The molecule has 0 aliphatic carbocycles. The number of aryl methyl sites for hydroxylation is 1. The SMILES string of the molecule is CCn1ncc(Br)c1C(NC)C(C)(C)N1CCOCC1. The molecule has 0 spiro atoms. The van der Waals surface area contributed by atoms with E-state index in [1.165, 1.54) is 5.69 Å². The highest BCUT2D eigenvalue weighted by Gasteiger charge is 2.38. The number of aromatic nitrogens is 2. The van der Waals surface area contributed by atoms with Crippen LogP contribution in [0.3, 0.4) is 0 Å². The van der Waals surface area contributed by atoms with Crippen LogP contribution >= 0.6 is 15.9 Å². The largest absolute Gasteiger partial charge is 0.379 e. The number of nitrogens with one attached hydrogen (secondary N) is 1. The lowest BCUT2D eigenvalue weighted by atomic mass is 9.89. The van der Waals surface area contributed by atoms with Gasteiger partial charge in [0.2, 0.25) is 0 Å². The first-order valence-corrected chi connectivity index (χ1v) is 8.03. The minimum absolute atomic E-state index is 0.00595. The molecule has 0 amide bonds. The normalized spacial score (nSPS) is 19.2. The Morgan fingerprint density at radius 2 is 2.10 bits per heavy atom. The second-order valence-electron chi connectivity index (χ2n) is 5.67. The third-order valence-electron chi connectivity index (χ3n) is 4.23. The molecule has 20 heavy (non-hydrogen) atoms. The molecule has 1 N–H and O–H groups in total. The van der Waals surface area contributed by atoms with Crippen molar-refractivity contribution >= 4 is 15.9 Å². The quantitative estimate of drug-likeness (QED) is 0.887. The number of hydrogen-bond donors (Lipinski definition) is 1. The van der Waals surface area contributed by atoms with Crippen molar-refractivity contribution in [2.24, 2.45) is 0 Å². The molecule has 5 nitrogen and oxygen atoms in total. The van der Waals surface area contributed by atoms with Crippen molar-refractivity contribution in [1.29, 1.82) is 0 Å². The van der Waals surface area contributed by atoms with E-state index < -0.39 is 0 Å². The summed E-state index contributed by atoms with van der Waals surface area (Å²) >= 11 is 3.65. The van der Waals surface area contributed by atoms with Gasteiger partial charge in [0.1, 0.15) is 0 Å². The molecule has 1 fully saturated rings. The fourth-order valence-corrected chi connectivity index (χ4v) is 3.58. The Kier molecular flexibility index (Phi) is 5.23. The van der Waals surface area contributed by atoms with E-state index in [0.717, 1.165) is 37.3 Å². The second-order valence-corrected chi connectivity index (χ2v) is 6.52. The summed E-state index contributed by atoms with van der Waals surface area (Å²) in [6.07, 6.45) is 1.89. The van der Waals surface area contributed by atoms with Crippen LogP contribution in [0.15, 0.2) is 10.7 Å². The average Bonchev–Trinajstić information content (AvgIpc) is 2.82. The third kappa shape index (κ3) is 2.93. The van der Waals surface area contributed by atoms with Crippen molar-refractivity contribution < 1.29 is 4.74 Å². The van der Waals surface area contributed by atoms with Gasteiger partial charge >= 0.3 is 0 Å². The van der Waals surface area contributed by atoms with Gasteiger partial charge in [-0.2, -0.15) is 5.10 Å². The summed E-state index contributed by atoms with van der Waals surface area (Å²) in [5.74, 6) is 0. The van der Waals surface area contributed by atoms with Gasteiger partial charge in [-0.1, -0.05) is 0 Å². The Bertz CT molecular complexity index is 440. The van der Waals surface area contributed by atoms with E-state index in [2.05, 4.69) is 56.7 Å².